The number of hydrogen-bond acceptors (Lipinski definition) is 5. The number of allylic oxidation sites excluding steroid dienone is 1. The summed E-state index contributed by atoms with van der Waals surface area (Å²) in [5, 5.41) is 1.73. The Bertz CT molecular complexity index is 792. The second-order valence-corrected chi connectivity index (χ2v) is 5.25. The highest BCUT2D eigenvalue weighted by Gasteiger charge is 2.25. The van der Waals surface area contributed by atoms with E-state index in [0.29, 0.717) is 18.1 Å². The number of ether oxygens (including phenoxy) is 5. The second kappa shape index (κ2) is 5.91. The third kappa shape index (κ3) is 2.32. The predicted octanol–water partition coefficient (Wildman–Crippen LogP) is 3.77. The molecule has 0 spiro atoms. The quantitative estimate of drug-likeness (QED) is 0.859. The maximum absolute atomic E-state index is 5.71. The van der Waals surface area contributed by atoms with E-state index in [0.717, 1.165) is 39.2 Å². The summed E-state index contributed by atoms with van der Waals surface area (Å²) in [7, 11) is 6.56. The zero-order chi connectivity index (χ0) is 16.6. The first-order valence-electron chi connectivity index (χ1n) is 7.28. The summed E-state index contributed by atoms with van der Waals surface area (Å²) < 4.78 is 28.0. The van der Waals surface area contributed by atoms with E-state index >= 15 is 0 Å². The van der Waals surface area contributed by atoms with E-state index in [1.54, 1.807) is 28.4 Å². The van der Waals surface area contributed by atoms with E-state index in [1.807, 2.05) is 25.1 Å². The molecule has 0 aromatic heterocycles. The molecule has 122 valence electrons. The molecule has 1 aliphatic rings. The molecule has 0 aliphatic carbocycles. The Hall–Kier alpha value is -2.56. The molecule has 0 amide bonds. The Labute approximate surface area is 135 Å². The Morgan fingerprint density at radius 1 is 0.913 bits per heavy atom. The molecule has 3 rings (SSSR count). The lowest BCUT2D eigenvalue weighted by Gasteiger charge is -2.24. The van der Waals surface area contributed by atoms with Crippen LogP contribution in [0, 0.1) is 0 Å². The molecule has 0 bridgehead atoms. The van der Waals surface area contributed by atoms with Gasteiger partial charge in [0.1, 0.15) is 29.6 Å². The highest BCUT2D eigenvalue weighted by atomic mass is 16.5. The average Bonchev–Trinajstić information content (AvgIpc) is 2.58. The Morgan fingerprint density at radius 2 is 1.65 bits per heavy atom. The number of benzene rings is 2. The van der Waals surface area contributed by atoms with Crippen molar-refractivity contribution in [3.63, 3.8) is 0 Å². The fourth-order valence-corrected chi connectivity index (χ4v) is 3.01. The lowest BCUT2D eigenvalue weighted by atomic mass is 9.95. The minimum atomic E-state index is 0.433. The molecule has 23 heavy (non-hydrogen) atoms. The van der Waals surface area contributed by atoms with Crippen LogP contribution in [0.25, 0.3) is 16.8 Å². The van der Waals surface area contributed by atoms with Crippen molar-refractivity contribution in [2.45, 2.75) is 13.5 Å². The van der Waals surface area contributed by atoms with Gasteiger partial charge in [-0.3, -0.25) is 0 Å². The van der Waals surface area contributed by atoms with Gasteiger partial charge in [0.05, 0.1) is 39.6 Å². The van der Waals surface area contributed by atoms with Gasteiger partial charge in [0.25, 0.3) is 0 Å². The van der Waals surface area contributed by atoms with Crippen LogP contribution in [0.15, 0.2) is 17.9 Å². The van der Waals surface area contributed by atoms with Gasteiger partial charge in [0.2, 0.25) is 0 Å². The molecular weight excluding hydrogens is 296 g/mol. The molecule has 0 saturated heterocycles. The van der Waals surface area contributed by atoms with Crippen LogP contribution in [0.4, 0.5) is 0 Å². The third-order valence-electron chi connectivity index (χ3n) is 4.05. The van der Waals surface area contributed by atoms with Crippen molar-refractivity contribution in [3.8, 4) is 23.0 Å². The monoisotopic (exact) mass is 316 g/mol. The number of methoxy groups -OCH3 is 4. The fourth-order valence-electron chi connectivity index (χ4n) is 3.01. The number of hydrogen-bond donors (Lipinski definition) is 0. The smallest absolute Gasteiger partial charge is 0.137 e. The zero-order valence-electron chi connectivity index (χ0n) is 14.0. The van der Waals surface area contributed by atoms with Crippen LogP contribution in [0.5, 0.6) is 23.0 Å². The number of fused-ring (bicyclic) bond motifs is 2. The highest BCUT2D eigenvalue weighted by molar-refractivity contribution is 6.03. The van der Waals surface area contributed by atoms with Crippen molar-refractivity contribution in [2.24, 2.45) is 0 Å². The first kappa shape index (κ1) is 15.3. The molecule has 5 nitrogen and oxygen atoms in total. The third-order valence-corrected chi connectivity index (χ3v) is 4.05. The van der Waals surface area contributed by atoms with Crippen molar-refractivity contribution < 1.29 is 23.7 Å². The number of rotatable bonds is 4. The van der Waals surface area contributed by atoms with Crippen LogP contribution in [0.3, 0.4) is 0 Å². The van der Waals surface area contributed by atoms with Crippen molar-refractivity contribution >= 4 is 16.8 Å². The minimum Gasteiger partial charge on any atom is -0.497 e. The van der Waals surface area contributed by atoms with Gasteiger partial charge in [-0.05, 0) is 19.1 Å². The summed E-state index contributed by atoms with van der Waals surface area (Å²) in [5.41, 5.74) is 1.92. The maximum Gasteiger partial charge on any atom is 0.137 e. The van der Waals surface area contributed by atoms with Gasteiger partial charge in [0.15, 0.2) is 0 Å². The molecular formula is C18H20O5. The van der Waals surface area contributed by atoms with Gasteiger partial charge in [-0.25, -0.2) is 0 Å². The summed E-state index contributed by atoms with van der Waals surface area (Å²) in [6.45, 7) is 2.35. The Kier molecular flexibility index (Phi) is 3.94. The topological polar surface area (TPSA) is 46.2 Å². The first-order valence-corrected chi connectivity index (χ1v) is 7.28. The van der Waals surface area contributed by atoms with Crippen molar-refractivity contribution in [1.29, 1.82) is 0 Å². The molecule has 0 atom stereocenters. The molecule has 5 heteroatoms. The van der Waals surface area contributed by atoms with Crippen LogP contribution in [-0.4, -0.2) is 28.4 Å². The Balaban J connectivity index is 2.51. The molecule has 0 N–H and O–H groups in total. The molecule has 0 unspecified atom stereocenters. The van der Waals surface area contributed by atoms with E-state index in [9.17, 15) is 0 Å². The van der Waals surface area contributed by atoms with E-state index in [4.69, 9.17) is 23.7 Å². The summed E-state index contributed by atoms with van der Waals surface area (Å²) in [6.07, 6.45) is 1.96. The highest BCUT2D eigenvalue weighted by Crippen LogP contribution is 2.48. The second-order valence-electron chi connectivity index (χ2n) is 5.25. The molecule has 1 aliphatic heterocycles. The molecule has 2 aromatic carbocycles. The van der Waals surface area contributed by atoms with Gasteiger partial charge < -0.3 is 23.7 Å². The summed E-state index contributed by atoms with van der Waals surface area (Å²) in [6, 6.07) is 3.76. The van der Waals surface area contributed by atoms with Gasteiger partial charge in [0, 0.05) is 22.6 Å². The molecule has 1 heterocycles. The molecule has 2 aromatic rings. The first-order chi connectivity index (χ1) is 11.1. The molecule has 0 saturated carbocycles. The standard InChI is InChI=1S/C18H20O5/c1-10-6-12-14(9-23-10)18(22-5)16-13(17(12)21-4)7-11(19-2)8-15(16)20-3/h6-8H,9H2,1-5H3. The lowest BCUT2D eigenvalue weighted by Crippen LogP contribution is -2.07. The van der Waals surface area contributed by atoms with Crippen LogP contribution in [-0.2, 0) is 11.3 Å². The predicted molar refractivity (Wildman–Crippen MR) is 88.6 cm³/mol. The maximum atomic E-state index is 5.71. The SMILES string of the molecule is COc1cc(OC)c2c(OC)c3c(c(OC)c2c1)C=C(C)OC3. The van der Waals surface area contributed by atoms with E-state index < -0.39 is 0 Å². The van der Waals surface area contributed by atoms with Crippen LogP contribution >= 0.6 is 0 Å². The normalized spacial score (nSPS) is 13.0. The largest absolute Gasteiger partial charge is 0.497 e. The van der Waals surface area contributed by atoms with E-state index in [1.165, 1.54) is 0 Å². The van der Waals surface area contributed by atoms with Crippen LogP contribution in [0.1, 0.15) is 18.1 Å². The van der Waals surface area contributed by atoms with Gasteiger partial charge in [-0.2, -0.15) is 0 Å². The van der Waals surface area contributed by atoms with Crippen molar-refractivity contribution in [2.75, 3.05) is 28.4 Å². The Morgan fingerprint density at radius 3 is 2.26 bits per heavy atom. The van der Waals surface area contributed by atoms with E-state index in [-0.39, 0.29) is 0 Å². The van der Waals surface area contributed by atoms with Gasteiger partial charge in [-0.15, -0.1) is 0 Å². The zero-order valence-corrected chi connectivity index (χ0v) is 14.0. The summed E-state index contributed by atoms with van der Waals surface area (Å²) in [4.78, 5) is 0. The van der Waals surface area contributed by atoms with E-state index in [2.05, 4.69) is 0 Å². The van der Waals surface area contributed by atoms with Gasteiger partial charge in [-0.1, -0.05) is 0 Å². The molecule has 0 fully saturated rings. The summed E-state index contributed by atoms with van der Waals surface area (Å²) >= 11 is 0. The van der Waals surface area contributed by atoms with Crippen LogP contribution in [0.2, 0.25) is 0 Å². The van der Waals surface area contributed by atoms with Gasteiger partial charge >= 0.3 is 0 Å². The van der Waals surface area contributed by atoms with Crippen molar-refractivity contribution in [1.82, 2.24) is 0 Å². The molecule has 0 radical (unpaired) electrons. The average molecular weight is 316 g/mol. The summed E-state index contributed by atoms with van der Waals surface area (Å²) in [5.74, 6) is 3.70. The minimum absolute atomic E-state index is 0.433. The fraction of sp³-hybridized carbons (Fsp3) is 0.333. The van der Waals surface area contributed by atoms with Crippen LogP contribution < -0.4 is 18.9 Å². The van der Waals surface area contributed by atoms with Crippen molar-refractivity contribution in [3.05, 3.63) is 29.0 Å². The lowest BCUT2D eigenvalue weighted by molar-refractivity contribution is 0.195.